The molecule has 3 nitrogen and oxygen atoms in total. The van der Waals surface area contributed by atoms with Gasteiger partial charge < -0.3 is 17.1 Å². The fourth-order valence-electron chi connectivity index (χ4n) is 1.19. The number of hydrogen-bond donors (Lipinski definition) is 0. The molecule has 0 aromatic heterocycles. The Labute approximate surface area is 127 Å². The molecule has 0 aromatic rings. The van der Waals surface area contributed by atoms with Crippen LogP contribution < -0.4 is 0 Å². The van der Waals surface area contributed by atoms with Gasteiger partial charge in [0, 0.05) is 38.2 Å². The fraction of sp³-hybridized carbons (Fsp3) is 1.00. The van der Waals surface area contributed by atoms with E-state index < -0.39 is 0 Å². The molecule has 0 aliphatic carbocycles. The normalized spacial score (nSPS) is 14.2. The Hall–Kier alpha value is 1.13. The summed E-state index contributed by atoms with van der Waals surface area (Å²) in [5.41, 5.74) is 0. The Morgan fingerprint density at radius 1 is 1.19 bits per heavy atom. The summed E-state index contributed by atoms with van der Waals surface area (Å²) in [6.45, 7) is 7.38. The fourth-order valence-corrected chi connectivity index (χ4v) is 1.56. The molecule has 1 aliphatic rings. The van der Waals surface area contributed by atoms with E-state index in [-0.39, 0.29) is 32.2 Å². The van der Waals surface area contributed by atoms with Crippen LogP contribution in [0.25, 0.3) is 0 Å². The number of alkyl halides is 1. The number of ether oxygens (including phenoxy) is 3. The summed E-state index contributed by atoms with van der Waals surface area (Å²) >= 11 is 3.33. The molecule has 1 heterocycles. The molecule has 96 valence electrons. The molecule has 0 radical (unpaired) electrons. The average molecular weight is 310 g/mol. The first-order valence-electron chi connectivity index (χ1n) is 5.72. The first-order chi connectivity index (χ1) is 7.35. The molecular weight excluding hydrogens is 284 g/mol. The maximum Gasteiger partial charge on any atom is 2.00 e. The van der Waals surface area contributed by atoms with Crippen molar-refractivity contribution in [2.24, 2.45) is 0 Å². The minimum absolute atomic E-state index is 0. The molecule has 0 spiro atoms. The minimum Gasteiger partial charge on any atom is -1.00 e. The first kappa shape index (κ1) is 19.5. The largest absolute Gasteiger partial charge is 2.00 e. The van der Waals surface area contributed by atoms with Gasteiger partial charge in [0.05, 0.1) is 0 Å². The van der Waals surface area contributed by atoms with Crippen LogP contribution in [0, 0.1) is 0 Å². The maximum atomic E-state index is 5.27. The van der Waals surface area contributed by atoms with E-state index in [0.29, 0.717) is 0 Å². The van der Waals surface area contributed by atoms with Crippen molar-refractivity contribution in [2.45, 2.75) is 39.4 Å². The van der Waals surface area contributed by atoms with Gasteiger partial charge in [-0.1, -0.05) is 15.9 Å². The summed E-state index contributed by atoms with van der Waals surface area (Å²) < 4.78 is 15.5. The van der Waals surface area contributed by atoms with E-state index in [9.17, 15) is 0 Å². The summed E-state index contributed by atoms with van der Waals surface area (Å²) in [5, 5.41) is 0.928. The molecule has 16 heavy (non-hydrogen) atoms. The van der Waals surface area contributed by atoms with E-state index in [0.717, 1.165) is 38.2 Å². The van der Waals surface area contributed by atoms with Crippen molar-refractivity contribution in [3.05, 3.63) is 0 Å². The van der Waals surface area contributed by atoms with Crippen molar-refractivity contribution in [3.63, 3.8) is 0 Å². The van der Waals surface area contributed by atoms with Crippen molar-refractivity contribution in [1.82, 2.24) is 0 Å². The topological polar surface area (TPSA) is 27.7 Å². The summed E-state index contributed by atoms with van der Waals surface area (Å²) in [7, 11) is 0. The molecule has 0 saturated carbocycles. The molecule has 0 bridgehead atoms. The maximum absolute atomic E-state index is 5.27. The van der Waals surface area contributed by atoms with Gasteiger partial charge in [-0.15, -0.1) is 0 Å². The Balaban J connectivity index is -0.000000106. The van der Waals surface area contributed by atoms with E-state index in [4.69, 9.17) is 14.2 Å². The number of rotatable bonds is 6. The van der Waals surface area contributed by atoms with Crippen molar-refractivity contribution >= 4 is 39.0 Å². The quantitative estimate of drug-likeness (QED) is 0.429. The smallest absolute Gasteiger partial charge is 1.00 e. The van der Waals surface area contributed by atoms with Gasteiger partial charge in [0.15, 0.2) is 6.29 Å². The second kappa shape index (κ2) is 16.1. The van der Waals surface area contributed by atoms with Crippen molar-refractivity contribution in [2.75, 3.05) is 31.8 Å². The average Bonchev–Trinajstić information content (AvgIpc) is 2.77. The predicted octanol–water partition coefficient (Wildman–Crippen LogP) is 2.81. The predicted molar refractivity (Wildman–Crippen MR) is 73.5 cm³/mol. The van der Waals surface area contributed by atoms with Crippen molar-refractivity contribution < 1.29 is 17.1 Å². The third-order valence-corrected chi connectivity index (χ3v) is 2.34. The van der Waals surface area contributed by atoms with E-state index in [1.807, 2.05) is 13.8 Å². The van der Waals surface area contributed by atoms with Gasteiger partial charge >= 0.3 is 23.1 Å². The van der Waals surface area contributed by atoms with Crippen LogP contribution in [-0.2, 0) is 14.2 Å². The van der Waals surface area contributed by atoms with Crippen molar-refractivity contribution in [3.8, 4) is 0 Å². The summed E-state index contributed by atoms with van der Waals surface area (Å²) in [6.07, 6.45) is 3.45. The Kier molecular flexibility index (Phi) is 19.6. The zero-order valence-electron chi connectivity index (χ0n) is 12.5. The van der Waals surface area contributed by atoms with E-state index in [1.54, 1.807) is 0 Å². The minimum atomic E-state index is -0.0191. The van der Waals surface area contributed by atoms with Gasteiger partial charge in [-0.25, -0.2) is 0 Å². The van der Waals surface area contributed by atoms with E-state index in [1.165, 1.54) is 12.8 Å². The van der Waals surface area contributed by atoms with Crippen LogP contribution in [0.1, 0.15) is 36.0 Å². The molecule has 1 rings (SSSR count). The van der Waals surface area contributed by atoms with E-state index in [2.05, 4.69) is 15.9 Å². The number of hydrogen-bond acceptors (Lipinski definition) is 3. The number of halogens is 1. The van der Waals surface area contributed by atoms with Crippen molar-refractivity contribution in [1.29, 1.82) is 0 Å². The van der Waals surface area contributed by atoms with Crippen LogP contribution in [0.3, 0.4) is 0 Å². The van der Waals surface area contributed by atoms with Crippen LogP contribution in [0.5, 0.6) is 0 Å². The molecular formula is C11H25BrMgO3. The van der Waals surface area contributed by atoms with Gasteiger partial charge in [-0.2, -0.15) is 0 Å². The zero-order valence-corrected chi connectivity index (χ0v) is 13.5. The standard InChI is InChI=1S/C7H15BrO2.C4H8O.Mg.2H/c1-3-9-7(5-6-8)10-4-2;1-2-4-5-3-1;;;/h7H,3-6H2,1-2H3;1-4H2;;;/q;;+2;2*-1. The van der Waals surface area contributed by atoms with Gasteiger partial charge in [0.2, 0.25) is 0 Å². The van der Waals surface area contributed by atoms with Crippen LogP contribution in [0.15, 0.2) is 0 Å². The van der Waals surface area contributed by atoms with E-state index >= 15 is 0 Å². The summed E-state index contributed by atoms with van der Waals surface area (Å²) in [6, 6.07) is 0. The third kappa shape index (κ3) is 13.2. The Morgan fingerprint density at radius 2 is 1.69 bits per heavy atom. The Morgan fingerprint density at radius 3 is 1.94 bits per heavy atom. The van der Waals surface area contributed by atoms with Crippen LogP contribution in [0.2, 0.25) is 0 Å². The Bertz CT molecular complexity index is 111. The molecule has 0 N–H and O–H groups in total. The van der Waals surface area contributed by atoms with Crippen LogP contribution in [0.4, 0.5) is 0 Å². The molecule has 0 aromatic carbocycles. The third-order valence-electron chi connectivity index (χ3n) is 1.88. The summed E-state index contributed by atoms with van der Waals surface area (Å²) in [5.74, 6) is 0. The molecule has 1 aliphatic heterocycles. The molecule has 0 unspecified atom stereocenters. The SMILES string of the molecule is C1CCOC1.CCOC(CCBr)OCC.[H-].[H-].[Mg+2]. The second-order valence-corrected chi connectivity index (χ2v) is 3.93. The monoisotopic (exact) mass is 308 g/mol. The zero-order chi connectivity index (χ0) is 11.4. The van der Waals surface area contributed by atoms with Crippen LogP contribution >= 0.6 is 15.9 Å². The molecule has 0 atom stereocenters. The van der Waals surface area contributed by atoms with Crippen LogP contribution in [-0.4, -0.2) is 61.1 Å². The molecule has 1 fully saturated rings. The van der Waals surface area contributed by atoms with Gasteiger partial charge in [0.25, 0.3) is 0 Å². The van der Waals surface area contributed by atoms with Gasteiger partial charge in [0.1, 0.15) is 0 Å². The molecule has 1 saturated heterocycles. The molecule has 0 amide bonds. The second-order valence-electron chi connectivity index (χ2n) is 3.14. The van der Waals surface area contributed by atoms with Gasteiger partial charge in [-0.3, -0.25) is 0 Å². The first-order valence-corrected chi connectivity index (χ1v) is 6.84. The van der Waals surface area contributed by atoms with Gasteiger partial charge in [-0.05, 0) is 26.7 Å². The summed E-state index contributed by atoms with van der Waals surface area (Å²) in [4.78, 5) is 0. The molecule has 5 heteroatoms.